The summed E-state index contributed by atoms with van der Waals surface area (Å²) in [6, 6.07) is 6.32. The molecule has 1 amide bonds. The zero-order chi connectivity index (χ0) is 12.1. The number of rotatable bonds is 4. The molecule has 0 saturated carbocycles. The van der Waals surface area contributed by atoms with E-state index in [1.807, 2.05) is 0 Å². The molecule has 6 heteroatoms. The van der Waals surface area contributed by atoms with E-state index in [4.69, 9.17) is 5.11 Å². The van der Waals surface area contributed by atoms with Crippen molar-refractivity contribution in [3.8, 4) is 0 Å². The molecule has 1 rings (SSSR count). The number of hydrogen-bond acceptors (Lipinski definition) is 4. The predicted molar refractivity (Wildman–Crippen MR) is 60.9 cm³/mol. The summed E-state index contributed by atoms with van der Waals surface area (Å²) in [6.07, 6.45) is 0. The van der Waals surface area contributed by atoms with Gasteiger partial charge in [0.25, 0.3) is 0 Å². The Balaban J connectivity index is 2.89. The third kappa shape index (κ3) is 3.32. The van der Waals surface area contributed by atoms with Crippen molar-refractivity contribution in [2.24, 2.45) is 0 Å². The topological polar surface area (TPSA) is 83.5 Å². The van der Waals surface area contributed by atoms with Crippen molar-refractivity contribution in [1.29, 1.82) is 0 Å². The molecule has 0 heterocycles. The van der Waals surface area contributed by atoms with Gasteiger partial charge >= 0.3 is 0 Å². The van der Waals surface area contributed by atoms with Crippen molar-refractivity contribution in [2.75, 3.05) is 11.9 Å². The van der Waals surface area contributed by atoms with Gasteiger partial charge in [0.15, 0.2) is 0 Å². The Kier molecular flexibility index (Phi) is 4.45. The van der Waals surface area contributed by atoms with Crippen LogP contribution in [0.15, 0.2) is 24.3 Å². The van der Waals surface area contributed by atoms with Crippen LogP contribution in [0, 0.1) is 0 Å². The molecule has 0 fully saturated rings. The largest absolute Gasteiger partial charge is 0.395 e. The molecule has 0 aromatic heterocycles. The minimum atomic E-state index is -2.70. The van der Waals surface area contributed by atoms with Crippen molar-refractivity contribution in [3.05, 3.63) is 29.8 Å². The standard InChI is InChI=1S/C10H13NO4S/c1-7(13)11-9-4-2-8(3-5-9)10(6-12)16(14)15/h2-5,10,12,16H,6H2,1H3,(H,11,13). The molecule has 88 valence electrons. The van der Waals surface area contributed by atoms with Crippen LogP contribution >= 0.6 is 0 Å². The number of carbonyl (C=O) groups is 1. The highest BCUT2D eigenvalue weighted by atomic mass is 32.2. The second kappa shape index (κ2) is 5.62. The van der Waals surface area contributed by atoms with Gasteiger partial charge in [0.1, 0.15) is 16.0 Å². The first-order valence-corrected chi connectivity index (χ1v) is 5.91. The van der Waals surface area contributed by atoms with E-state index in [-0.39, 0.29) is 5.91 Å². The van der Waals surface area contributed by atoms with E-state index in [0.717, 1.165) is 0 Å². The van der Waals surface area contributed by atoms with Crippen LogP contribution in [-0.2, 0) is 15.5 Å². The smallest absolute Gasteiger partial charge is 0.221 e. The number of hydrogen-bond donors (Lipinski definition) is 3. The first-order chi connectivity index (χ1) is 7.54. The maximum absolute atomic E-state index is 10.8. The van der Waals surface area contributed by atoms with Gasteiger partial charge in [-0.3, -0.25) is 4.79 Å². The summed E-state index contributed by atoms with van der Waals surface area (Å²) in [4.78, 5) is 10.7. The fourth-order valence-corrected chi connectivity index (χ4v) is 1.83. The van der Waals surface area contributed by atoms with Crippen LogP contribution in [0.1, 0.15) is 17.7 Å². The van der Waals surface area contributed by atoms with Gasteiger partial charge in [0.05, 0.1) is 6.61 Å². The lowest BCUT2D eigenvalue weighted by Gasteiger charge is -2.08. The Labute approximate surface area is 95.1 Å². The average molecular weight is 243 g/mol. The molecule has 1 aromatic rings. The summed E-state index contributed by atoms with van der Waals surface area (Å²) >= 11 is 0. The molecule has 0 radical (unpaired) electrons. The molecule has 0 aliphatic rings. The second-order valence-electron chi connectivity index (χ2n) is 3.29. The molecule has 1 atom stereocenters. The molecular formula is C10H13NO4S. The van der Waals surface area contributed by atoms with E-state index in [1.54, 1.807) is 24.3 Å². The monoisotopic (exact) mass is 243 g/mol. The van der Waals surface area contributed by atoms with Gasteiger partial charge in [0, 0.05) is 12.6 Å². The number of anilines is 1. The van der Waals surface area contributed by atoms with Crippen molar-refractivity contribution < 1.29 is 18.3 Å². The molecular weight excluding hydrogens is 230 g/mol. The van der Waals surface area contributed by atoms with Gasteiger partial charge in [-0.2, -0.15) is 0 Å². The minimum Gasteiger partial charge on any atom is -0.395 e. The summed E-state index contributed by atoms with van der Waals surface area (Å²) in [5, 5.41) is 10.6. The van der Waals surface area contributed by atoms with E-state index >= 15 is 0 Å². The number of amides is 1. The van der Waals surface area contributed by atoms with Gasteiger partial charge < -0.3 is 10.4 Å². The highest BCUT2D eigenvalue weighted by Gasteiger charge is 2.12. The molecule has 0 spiro atoms. The maximum Gasteiger partial charge on any atom is 0.221 e. The summed E-state index contributed by atoms with van der Waals surface area (Å²) < 4.78 is 21.6. The van der Waals surface area contributed by atoms with Crippen molar-refractivity contribution in [3.63, 3.8) is 0 Å². The van der Waals surface area contributed by atoms with Crippen LogP contribution in [0.2, 0.25) is 0 Å². The number of aliphatic hydroxyl groups is 1. The Morgan fingerprint density at radius 2 is 1.94 bits per heavy atom. The van der Waals surface area contributed by atoms with Gasteiger partial charge in [0.2, 0.25) is 5.91 Å². The van der Waals surface area contributed by atoms with E-state index in [9.17, 15) is 13.2 Å². The third-order valence-corrected chi connectivity index (χ3v) is 3.01. The summed E-state index contributed by atoms with van der Waals surface area (Å²) in [5.41, 5.74) is 1.10. The zero-order valence-corrected chi connectivity index (χ0v) is 9.61. The highest BCUT2D eigenvalue weighted by molar-refractivity contribution is 7.72. The van der Waals surface area contributed by atoms with Crippen LogP contribution < -0.4 is 5.32 Å². The van der Waals surface area contributed by atoms with Gasteiger partial charge in [-0.25, -0.2) is 8.42 Å². The van der Waals surface area contributed by atoms with Gasteiger partial charge in [-0.05, 0) is 17.7 Å². The van der Waals surface area contributed by atoms with Crippen LogP contribution in [-0.4, -0.2) is 26.0 Å². The lowest BCUT2D eigenvalue weighted by atomic mass is 10.1. The first kappa shape index (κ1) is 12.7. The van der Waals surface area contributed by atoms with E-state index in [2.05, 4.69) is 5.32 Å². The quantitative estimate of drug-likeness (QED) is 0.664. The zero-order valence-electron chi connectivity index (χ0n) is 8.71. The first-order valence-electron chi connectivity index (χ1n) is 4.66. The lowest BCUT2D eigenvalue weighted by Crippen LogP contribution is -2.08. The molecule has 0 aliphatic heterocycles. The number of aliphatic hydroxyl groups excluding tert-OH is 1. The fraction of sp³-hybridized carbons (Fsp3) is 0.300. The average Bonchev–Trinajstić information content (AvgIpc) is 2.20. The van der Waals surface area contributed by atoms with Gasteiger partial charge in [-0.1, -0.05) is 12.1 Å². The Morgan fingerprint density at radius 1 is 1.38 bits per heavy atom. The normalized spacial score (nSPS) is 12.4. The SMILES string of the molecule is CC(=O)Nc1ccc(C(CO)[SH](=O)=O)cc1. The molecule has 2 N–H and O–H groups in total. The summed E-state index contributed by atoms with van der Waals surface area (Å²) in [5.74, 6) is -0.193. The lowest BCUT2D eigenvalue weighted by molar-refractivity contribution is -0.114. The maximum atomic E-state index is 10.8. The molecule has 0 bridgehead atoms. The molecule has 0 aliphatic carbocycles. The number of carbonyl (C=O) groups excluding carboxylic acids is 1. The second-order valence-corrected chi connectivity index (χ2v) is 4.48. The molecule has 1 aromatic carbocycles. The van der Waals surface area contributed by atoms with E-state index < -0.39 is 22.6 Å². The molecule has 16 heavy (non-hydrogen) atoms. The van der Waals surface area contributed by atoms with Crippen molar-refractivity contribution in [2.45, 2.75) is 12.2 Å². The molecule has 0 saturated heterocycles. The van der Waals surface area contributed by atoms with Gasteiger partial charge in [-0.15, -0.1) is 0 Å². The fourth-order valence-electron chi connectivity index (χ4n) is 1.29. The summed E-state index contributed by atoms with van der Waals surface area (Å²) in [6.45, 7) is 0.942. The van der Waals surface area contributed by atoms with E-state index in [0.29, 0.717) is 11.3 Å². The Hall–Kier alpha value is -1.40. The predicted octanol–water partition coefficient (Wildman–Crippen LogP) is 0.290. The number of thiol groups is 1. The van der Waals surface area contributed by atoms with E-state index in [1.165, 1.54) is 6.92 Å². The minimum absolute atomic E-state index is 0.193. The third-order valence-electron chi connectivity index (χ3n) is 2.04. The highest BCUT2D eigenvalue weighted by Crippen LogP contribution is 2.18. The Morgan fingerprint density at radius 3 is 2.31 bits per heavy atom. The number of benzene rings is 1. The van der Waals surface area contributed by atoms with Crippen LogP contribution in [0.4, 0.5) is 5.69 Å². The Bertz CT molecular complexity index is 431. The van der Waals surface area contributed by atoms with Crippen LogP contribution in [0.5, 0.6) is 0 Å². The van der Waals surface area contributed by atoms with Crippen LogP contribution in [0.25, 0.3) is 0 Å². The van der Waals surface area contributed by atoms with Crippen LogP contribution in [0.3, 0.4) is 0 Å². The van der Waals surface area contributed by atoms with Crippen molar-refractivity contribution in [1.82, 2.24) is 0 Å². The summed E-state index contributed by atoms with van der Waals surface area (Å²) in [7, 11) is -2.70. The number of nitrogens with one attached hydrogen (secondary N) is 1. The van der Waals surface area contributed by atoms with Crippen molar-refractivity contribution >= 4 is 22.3 Å². The molecule has 5 nitrogen and oxygen atoms in total. The molecule has 1 unspecified atom stereocenters.